The van der Waals surface area contributed by atoms with E-state index in [1.54, 1.807) is 0 Å². The third-order valence-corrected chi connectivity index (χ3v) is 4.69. The van der Waals surface area contributed by atoms with Crippen LogP contribution < -0.4 is 11.5 Å². The molecule has 0 saturated heterocycles. The van der Waals surface area contributed by atoms with Gasteiger partial charge in [0, 0.05) is 23.6 Å². The molecule has 2 atom stereocenters. The fraction of sp³-hybridized carbons (Fsp3) is 0.250. The lowest BCUT2D eigenvalue weighted by Gasteiger charge is -2.22. The first kappa shape index (κ1) is 14.1. The van der Waals surface area contributed by atoms with Crippen LogP contribution >= 0.6 is 11.8 Å². The van der Waals surface area contributed by atoms with Gasteiger partial charge < -0.3 is 11.5 Å². The van der Waals surface area contributed by atoms with Crippen molar-refractivity contribution in [3.63, 3.8) is 0 Å². The largest absolute Gasteiger partial charge is 0.329 e. The summed E-state index contributed by atoms with van der Waals surface area (Å²) in [4.78, 5) is 0. The summed E-state index contributed by atoms with van der Waals surface area (Å²) in [5.41, 5.74) is 14.4. The summed E-state index contributed by atoms with van der Waals surface area (Å²) in [5.74, 6) is 0. The van der Waals surface area contributed by atoms with Crippen LogP contribution in [0, 0.1) is 0 Å². The van der Waals surface area contributed by atoms with Crippen LogP contribution in [-0.2, 0) is 0 Å². The van der Waals surface area contributed by atoms with E-state index in [-0.39, 0.29) is 10.5 Å². The maximum atomic E-state index is 5.92. The van der Waals surface area contributed by atoms with Crippen LogP contribution in [0.1, 0.15) is 21.6 Å². The summed E-state index contributed by atoms with van der Waals surface area (Å²) in [7, 11) is 0. The third kappa shape index (κ3) is 3.83. The van der Waals surface area contributed by atoms with E-state index in [0.717, 1.165) is 0 Å². The molecule has 100 valence electrons. The number of rotatable bonds is 6. The fourth-order valence-corrected chi connectivity index (χ4v) is 3.32. The lowest BCUT2D eigenvalue weighted by atomic mass is 10.1. The van der Waals surface area contributed by atoms with E-state index in [1.165, 1.54) is 11.1 Å². The van der Waals surface area contributed by atoms with Crippen molar-refractivity contribution in [1.82, 2.24) is 0 Å². The number of hydrogen-bond acceptors (Lipinski definition) is 3. The first-order valence-electron chi connectivity index (χ1n) is 6.50. The van der Waals surface area contributed by atoms with Gasteiger partial charge in [0.2, 0.25) is 0 Å². The summed E-state index contributed by atoms with van der Waals surface area (Å²) >= 11 is 1.85. The van der Waals surface area contributed by atoms with Gasteiger partial charge in [-0.25, -0.2) is 0 Å². The van der Waals surface area contributed by atoms with Gasteiger partial charge in [0.15, 0.2) is 0 Å². The van der Waals surface area contributed by atoms with Crippen molar-refractivity contribution in [3.05, 3.63) is 71.8 Å². The number of thioether (sulfide) groups is 1. The monoisotopic (exact) mass is 272 g/mol. The Morgan fingerprint density at radius 2 is 1.05 bits per heavy atom. The molecule has 0 radical (unpaired) electrons. The van der Waals surface area contributed by atoms with E-state index >= 15 is 0 Å². The lowest BCUT2D eigenvalue weighted by molar-refractivity contribution is 0.894. The molecule has 2 rings (SSSR count). The smallest absolute Gasteiger partial charge is 0.0426 e. The Bertz CT molecular complexity index is 427. The van der Waals surface area contributed by atoms with E-state index < -0.39 is 0 Å². The standard InChI is InChI=1S/C16H20N2S/c17-11-15(13-7-3-1-4-8-13)19-16(12-18)14-9-5-2-6-10-14/h1-10,15-16H,11-12,17-18H2. The molecule has 2 aromatic rings. The van der Waals surface area contributed by atoms with Gasteiger partial charge in [-0.1, -0.05) is 60.7 Å². The van der Waals surface area contributed by atoms with Crippen LogP contribution in [0.2, 0.25) is 0 Å². The molecule has 2 unspecified atom stereocenters. The average molecular weight is 272 g/mol. The summed E-state index contributed by atoms with van der Waals surface area (Å²) < 4.78 is 0. The summed E-state index contributed by atoms with van der Waals surface area (Å²) in [6.45, 7) is 1.25. The van der Waals surface area contributed by atoms with Crippen molar-refractivity contribution in [1.29, 1.82) is 0 Å². The Hall–Kier alpha value is -1.29. The average Bonchev–Trinajstić information content (AvgIpc) is 2.50. The highest BCUT2D eigenvalue weighted by molar-refractivity contribution is 7.99. The molecule has 0 heterocycles. The first-order chi connectivity index (χ1) is 9.35. The zero-order chi connectivity index (χ0) is 13.5. The molecular formula is C16H20N2S. The molecular weight excluding hydrogens is 252 g/mol. The van der Waals surface area contributed by atoms with E-state index in [1.807, 2.05) is 23.9 Å². The molecule has 0 aliphatic rings. The molecule has 0 amide bonds. The van der Waals surface area contributed by atoms with Crippen LogP contribution in [-0.4, -0.2) is 13.1 Å². The Morgan fingerprint density at radius 3 is 1.37 bits per heavy atom. The Labute approximate surface area is 119 Å². The van der Waals surface area contributed by atoms with Crippen molar-refractivity contribution in [2.75, 3.05) is 13.1 Å². The molecule has 0 aliphatic heterocycles. The predicted octanol–water partition coefficient (Wildman–Crippen LogP) is 3.12. The van der Waals surface area contributed by atoms with E-state index in [2.05, 4.69) is 48.5 Å². The van der Waals surface area contributed by atoms with Crippen molar-refractivity contribution in [2.45, 2.75) is 10.5 Å². The SMILES string of the molecule is NCC(SC(CN)c1ccccc1)c1ccccc1. The van der Waals surface area contributed by atoms with Gasteiger partial charge in [-0.15, -0.1) is 11.8 Å². The van der Waals surface area contributed by atoms with Gasteiger partial charge in [-0.2, -0.15) is 0 Å². The van der Waals surface area contributed by atoms with Gasteiger partial charge in [0.25, 0.3) is 0 Å². The highest BCUT2D eigenvalue weighted by Crippen LogP contribution is 2.39. The summed E-state index contributed by atoms with van der Waals surface area (Å²) in [6, 6.07) is 20.8. The molecule has 0 saturated carbocycles. The minimum Gasteiger partial charge on any atom is -0.329 e. The second kappa shape index (κ2) is 7.34. The maximum Gasteiger partial charge on any atom is 0.0426 e. The summed E-state index contributed by atoms with van der Waals surface area (Å²) in [5, 5.41) is 0.574. The van der Waals surface area contributed by atoms with Crippen molar-refractivity contribution in [2.24, 2.45) is 11.5 Å². The molecule has 0 bridgehead atoms. The molecule has 0 spiro atoms. The van der Waals surface area contributed by atoms with Gasteiger partial charge in [-0.3, -0.25) is 0 Å². The topological polar surface area (TPSA) is 52.0 Å². The van der Waals surface area contributed by atoms with Crippen molar-refractivity contribution >= 4 is 11.8 Å². The van der Waals surface area contributed by atoms with Crippen LogP contribution in [0.3, 0.4) is 0 Å². The van der Waals surface area contributed by atoms with Gasteiger partial charge in [0.05, 0.1) is 0 Å². The summed E-state index contributed by atoms with van der Waals surface area (Å²) in [6.07, 6.45) is 0. The molecule has 2 aromatic carbocycles. The van der Waals surface area contributed by atoms with Crippen LogP contribution in [0.25, 0.3) is 0 Å². The van der Waals surface area contributed by atoms with Crippen molar-refractivity contribution in [3.8, 4) is 0 Å². The van der Waals surface area contributed by atoms with Crippen LogP contribution in [0.15, 0.2) is 60.7 Å². The Balaban J connectivity index is 2.13. The fourth-order valence-electron chi connectivity index (χ4n) is 2.07. The van der Waals surface area contributed by atoms with E-state index in [9.17, 15) is 0 Å². The van der Waals surface area contributed by atoms with Gasteiger partial charge in [0.1, 0.15) is 0 Å². The lowest BCUT2D eigenvalue weighted by Crippen LogP contribution is -2.15. The molecule has 4 N–H and O–H groups in total. The van der Waals surface area contributed by atoms with Crippen LogP contribution in [0.5, 0.6) is 0 Å². The first-order valence-corrected chi connectivity index (χ1v) is 7.45. The number of nitrogens with two attached hydrogens (primary N) is 2. The highest BCUT2D eigenvalue weighted by atomic mass is 32.2. The van der Waals surface area contributed by atoms with Gasteiger partial charge >= 0.3 is 0 Å². The molecule has 0 aliphatic carbocycles. The quantitative estimate of drug-likeness (QED) is 0.849. The maximum absolute atomic E-state index is 5.92. The molecule has 2 nitrogen and oxygen atoms in total. The number of hydrogen-bond donors (Lipinski definition) is 2. The zero-order valence-electron chi connectivity index (χ0n) is 10.9. The Kier molecular flexibility index (Phi) is 5.45. The normalized spacial score (nSPS) is 14.0. The van der Waals surface area contributed by atoms with E-state index in [0.29, 0.717) is 13.1 Å². The molecule has 0 fully saturated rings. The molecule has 3 heteroatoms. The zero-order valence-corrected chi connectivity index (χ0v) is 11.7. The third-order valence-electron chi connectivity index (χ3n) is 3.10. The minimum atomic E-state index is 0.287. The predicted molar refractivity (Wildman–Crippen MR) is 84.1 cm³/mol. The second-order valence-electron chi connectivity index (χ2n) is 4.41. The van der Waals surface area contributed by atoms with Gasteiger partial charge in [-0.05, 0) is 11.1 Å². The number of benzene rings is 2. The minimum absolute atomic E-state index is 0.287. The molecule has 0 aromatic heterocycles. The second-order valence-corrected chi connectivity index (χ2v) is 5.82. The van der Waals surface area contributed by atoms with E-state index in [4.69, 9.17) is 11.5 Å². The van der Waals surface area contributed by atoms with Crippen LogP contribution in [0.4, 0.5) is 0 Å². The molecule has 19 heavy (non-hydrogen) atoms. The highest BCUT2D eigenvalue weighted by Gasteiger charge is 2.17. The Morgan fingerprint density at radius 1 is 0.684 bits per heavy atom. The van der Waals surface area contributed by atoms with Crippen molar-refractivity contribution < 1.29 is 0 Å².